The average molecular weight is 497 g/mol. The minimum absolute atomic E-state index is 0.164. The van der Waals surface area contributed by atoms with Crippen LogP contribution in [0.2, 0.25) is 0 Å². The van der Waals surface area contributed by atoms with Crippen molar-refractivity contribution in [2.75, 3.05) is 0 Å². The van der Waals surface area contributed by atoms with Crippen LogP contribution >= 0.6 is 8.25 Å². The van der Waals surface area contributed by atoms with Crippen molar-refractivity contribution in [3.05, 3.63) is 131 Å². The third-order valence-electron chi connectivity index (χ3n) is 5.08. The summed E-state index contributed by atoms with van der Waals surface area (Å²) in [7, 11) is -2.63. The highest BCUT2D eigenvalue weighted by Gasteiger charge is 2.26. The van der Waals surface area contributed by atoms with Crippen molar-refractivity contribution >= 4 is 31.4 Å². The van der Waals surface area contributed by atoms with Crippen LogP contribution in [0.3, 0.4) is 0 Å². The molecule has 0 aliphatic carbocycles. The molecule has 0 aliphatic heterocycles. The Hall–Kier alpha value is -4.74. The van der Waals surface area contributed by atoms with E-state index in [4.69, 9.17) is 9.05 Å². The smallest absolute Gasteiger partial charge is 0.285 e. The predicted molar refractivity (Wildman–Crippen MR) is 132 cm³/mol. The average Bonchev–Trinajstić information content (AvgIpc) is 2.93. The Morgan fingerprint density at radius 2 is 0.694 bits per heavy atom. The monoisotopic (exact) mass is 497 g/mol. The number of hydrogen-bond acceptors (Lipinski definition) is 7. The zero-order chi connectivity index (χ0) is 25.5. The van der Waals surface area contributed by atoms with Crippen molar-refractivity contribution in [3.8, 4) is 11.5 Å². The highest BCUT2D eigenvalue weighted by atomic mass is 31.1. The second-order valence-electron chi connectivity index (χ2n) is 7.50. The number of ketones is 4. The van der Waals surface area contributed by atoms with Gasteiger partial charge < -0.3 is 0 Å². The van der Waals surface area contributed by atoms with E-state index in [0.717, 1.165) is 0 Å². The van der Waals surface area contributed by atoms with Crippen LogP contribution in [-0.2, 0) is 4.57 Å². The van der Waals surface area contributed by atoms with Crippen LogP contribution in [0, 0.1) is 0 Å². The first-order chi connectivity index (χ1) is 17.4. The summed E-state index contributed by atoms with van der Waals surface area (Å²) in [5, 5.41) is 0. The highest BCUT2D eigenvalue weighted by molar-refractivity contribution is 7.34. The lowest BCUT2D eigenvalue weighted by Crippen LogP contribution is -2.14. The molecule has 4 aromatic carbocycles. The molecule has 0 radical (unpaired) electrons. The van der Waals surface area contributed by atoms with E-state index in [0.29, 0.717) is 0 Å². The molecule has 0 spiro atoms. The summed E-state index contributed by atoms with van der Waals surface area (Å²) in [5.74, 6) is -2.28. The number of rotatable bonds is 10. The Morgan fingerprint density at radius 1 is 0.417 bits per heavy atom. The minimum Gasteiger partial charge on any atom is -0.285 e. The Labute approximate surface area is 207 Å². The summed E-state index contributed by atoms with van der Waals surface area (Å²) >= 11 is 0. The number of hydrogen-bond donors (Lipinski definition) is 0. The molecule has 0 aromatic heterocycles. The van der Waals surface area contributed by atoms with Crippen molar-refractivity contribution in [1.29, 1.82) is 0 Å². The van der Waals surface area contributed by atoms with Crippen LogP contribution < -0.4 is 9.05 Å². The van der Waals surface area contributed by atoms with Gasteiger partial charge in [-0.1, -0.05) is 60.7 Å². The fourth-order valence-corrected chi connectivity index (χ4v) is 3.85. The van der Waals surface area contributed by atoms with Gasteiger partial charge in [-0.3, -0.25) is 19.2 Å². The molecule has 0 saturated carbocycles. The van der Waals surface area contributed by atoms with E-state index in [2.05, 4.69) is 0 Å². The molecule has 0 aliphatic rings. The van der Waals surface area contributed by atoms with Crippen LogP contribution in [0.15, 0.2) is 109 Å². The van der Waals surface area contributed by atoms with Crippen LogP contribution in [0.4, 0.5) is 0 Å². The topological polar surface area (TPSA) is 104 Å². The van der Waals surface area contributed by atoms with Crippen LogP contribution in [0.25, 0.3) is 0 Å². The fourth-order valence-electron chi connectivity index (χ4n) is 3.23. The number of carbonyl (C=O) groups is 4. The first kappa shape index (κ1) is 24.4. The van der Waals surface area contributed by atoms with E-state index in [1.54, 1.807) is 60.7 Å². The van der Waals surface area contributed by atoms with Gasteiger partial charge in [-0.15, -0.1) is 0 Å². The number of carbonyl (C=O) groups excluding carboxylic acids is 4. The van der Waals surface area contributed by atoms with Crippen molar-refractivity contribution in [2.45, 2.75) is 0 Å². The molecule has 176 valence electrons. The largest absolute Gasteiger partial charge is 0.805 e. The summed E-state index contributed by atoms with van der Waals surface area (Å²) in [6.45, 7) is 0. The van der Waals surface area contributed by atoms with Gasteiger partial charge in [0, 0.05) is 26.8 Å². The third-order valence-corrected chi connectivity index (χ3v) is 5.80. The van der Waals surface area contributed by atoms with E-state index in [1.807, 2.05) is 0 Å². The lowest BCUT2D eigenvalue weighted by Gasteiger charge is -2.02. The summed E-state index contributed by atoms with van der Waals surface area (Å²) in [6.07, 6.45) is 0. The van der Waals surface area contributed by atoms with Crippen molar-refractivity contribution in [3.63, 3.8) is 0 Å². The van der Waals surface area contributed by atoms with Gasteiger partial charge in [-0.25, -0.2) is 9.05 Å². The Kier molecular flexibility index (Phi) is 7.54. The van der Waals surface area contributed by atoms with Crippen LogP contribution in [-0.4, -0.2) is 23.1 Å². The Balaban J connectivity index is 1.34. The van der Waals surface area contributed by atoms with Crippen molar-refractivity contribution in [2.24, 2.45) is 0 Å². The van der Waals surface area contributed by atoms with Crippen molar-refractivity contribution in [1.82, 2.24) is 0 Å². The van der Waals surface area contributed by atoms with Crippen LogP contribution in [0.1, 0.15) is 41.4 Å². The van der Waals surface area contributed by atoms with Gasteiger partial charge in [0.05, 0.1) is 0 Å². The van der Waals surface area contributed by atoms with Crippen LogP contribution in [0.5, 0.6) is 11.5 Å². The van der Waals surface area contributed by atoms with E-state index >= 15 is 0 Å². The maximum atomic E-state index is 12.4. The van der Waals surface area contributed by atoms with Gasteiger partial charge >= 0.3 is 8.25 Å². The predicted octanol–water partition coefficient (Wildman–Crippen LogP) is 5.93. The summed E-state index contributed by atoms with van der Waals surface area (Å²) in [4.78, 5) is 49.4. The maximum Gasteiger partial charge on any atom is 0.805 e. The second kappa shape index (κ2) is 11.1. The molecular formula is C28H18O7P+. The van der Waals surface area contributed by atoms with E-state index in [1.165, 1.54) is 48.5 Å². The Morgan fingerprint density at radius 3 is 1.00 bits per heavy atom. The first-order valence-electron chi connectivity index (χ1n) is 10.7. The number of benzene rings is 4. The maximum absolute atomic E-state index is 12.4. The molecule has 4 aromatic rings. The molecule has 0 unspecified atom stereocenters. The summed E-state index contributed by atoms with van der Waals surface area (Å²) in [5.41, 5.74) is 0.906. The lowest BCUT2D eigenvalue weighted by atomic mass is 10.0. The molecule has 0 atom stereocenters. The normalized spacial score (nSPS) is 10.2. The van der Waals surface area contributed by atoms with E-state index < -0.39 is 31.4 Å². The highest BCUT2D eigenvalue weighted by Crippen LogP contribution is 2.31. The second-order valence-corrected chi connectivity index (χ2v) is 8.32. The molecule has 4 rings (SSSR count). The first-order valence-corrected chi connectivity index (χ1v) is 11.8. The molecule has 0 fully saturated rings. The summed E-state index contributed by atoms with van der Waals surface area (Å²) < 4.78 is 22.8. The third kappa shape index (κ3) is 5.84. The standard InChI is InChI=1S/C28H18O7P/c29-25(19-7-3-1-4-8-19)27(31)21-11-15-23(16-12-21)34-36(33)35-24-17-13-22(14-18-24)28(32)26(30)20-9-5-2-6-10-20/h1-18H/q+1. The van der Waals surface area contributed by atoms with Gasteiger partial charge in [0.1, 0.15) is 0 Å². The SMILES string of the molecule is O=C(C(=O)c1ccc(O[P+](=O)Oc2ccc(C(=O)C(=O)c3ccccc3)cc2)cc1)c1ccccc1. The molecule has 0 amide bonds. The van der Waals surface area contributed by atoms with Gasteiger partial charge in [0.2, 0.25) is 23.1 Å². The van der Waals surface area contributed by atoms with Gasteiger partial charge in [-0.2, -0.15) is 0 Å². The molecule has 8 heteroatoms. The Bertz CT molecular complexity index is 1320. The van der Waals surface area contributed by atoms with E-state index in [9.17, 15) is 23.7 Å². The molecule has 0 N–H and O–H groups in total. The molecule has 7 nitrogen and oxygen atoms in total. The summed E-state index contributed by atoms with van der Waals surface area (Å²) in [6, 6.07) is 27.6. The van der Waals surface area contributed by atoms with E-state index in [-0.39, 0.29) is 33.8 Å². The van der Waals surface area contributed by atoms with Crippen molar-refractivity contribution < 1.29 is 32.8 Å². The number of Topliss-reactive ketones (excluding diaryl/α,β-unsaturated/α-hetero) is 4. The zero-order valence-electron chi connectivity index (χ0n) is 18.7. The quantitative estimate of drug-likeness (QED) is 0.152. The molecular weight excluding hydrogens is 479 g/mol. The van der Waals surface area contributed by atoms with Gasteiger partial charge in [-0.05, 0) is 48.5 Å². The molecule has 0 heterocycles. The zero-order valence-corrected chi connectivity index (χ0v) is 19.6. The van der Waals surface area contributed by atoms with Gasteiger partial charge in [0.15, 0.2) is 11.5 Å². The fraction of sp³-hybridized carbons (Fsp3) is 0. The molecule has 36 heavy (non-hydrogen) atoms. The lowest BCUT2D eigenvalue weighted by molar-refractivity contribution is 0.0817. The molecule has 0 bridgehead atoms. The molecule has 0 saturated heterocycles. The minimum atomic E-state index is -2.63. The van der Waals surface area contributed by atoms with Gasteiger partial charge in [0.25, 0.3) is 0 Å².